The lowest BCUT2D eigenvalue weighted by atomic mass is 10.1. The van der Waals surface area contributed by atoms with Crippen LogP contribution in [0.25, 0.3) is 10.8 Å². The van der Waals surface area contributed by atoms with Crippen LogP contribution in [0.2, 0.25) is 0 Å². The zero-order valence-corrected chi connectivity index (χ0v) is 14.6. The Balaban J connectivity index is 0.00000242. The Morgan fingerprint density at radius 1 is 0.955 bits per heavy atom. The van der Waals surface area contributed by atoms with Crippen LogP contribution in [-0.4, -0.2) is 38.8 Å². The maximum absolute atomic E-state index is 5.85. The van der Waals surface area contributed by atoms with E-state index >= 15 is 0 Å². The molecule has 4 heteroatoms. The molecule has 0 aliphatic carbocycles. The fraction of sp³-hybridized carbons (Fsp3) is 0.444. The summed E-state index contributed by atoms with van der Waals surface area (Å²) in [7, 11) is 6.67. The highest BCUT2D eigenvalue weighted by Gasteiger charge is 2.05. The Labute approximate surface area is 140 Å². The van der Waals surface area contributed by atoms with E-state index in [4.69, 9.17) is 10.5 Å². The average molecular weight is 323 g/mol. The number of hydrogen-bond donors (Lipinski definition) is 1. The number of nitrogens with zero attached hydrogens (tertiary/aromatic N) is 1. The smallest absolute Gasteiger partial charge is 0.119 e. The maximum atomic E-state index is 5.85. The van der Waals surface area contributed by atoms with Gasteiger partial charge in [-0.05, 0) is 47.4 Å². The van der Waals surface area contributed by atoms with Crippen LogP contribution in [0, 0.1) is 0 Å². The van der Waals surface area contributed by atoms with Gasteiger partial charge in [0.2, 0.25) is 0 Å². The topological polar surface area (TPSA) is 35.2 Å². The molecule has 0 saturated heterocycles. The van der Waals surface area contributed by atoms with Gasteiger partial charge in [0.25, 0.3) is 0 Å². The number of benzene rings is 2. The van der Waals surface area contributed by atoms with Crippen molar-refractivity contribution in [2.45, 2.75) is 19.4 Å². The summed E-state index contributed by atoms with van der Waals surface area (Å²) in [5.41, 5.74) is 6.83. The van der Waals surface area contributed by atoms with Crippen LogP contribution >= 0.6 is 0 Å². The number of fused-ring (bicyclic) bond motifs is 1. The third kappa shape index (κ3) is 5.84. The Hall–Kier alpha value is -1.29. The van der Waals surface area contributed by atoms with E-state index in [2.05, 4.69) is 51.5 Å². The summed E-state index contributed by atoms with van der Waals surface area (Å²) in [5, 5.41) is 2.42. The van der Waals surface area contributed by atoms with Crippen LogP contribution in [-0.2, 0) is 6.54 Å². The first-order valence-corrected chi connectivity index (χ1v) is 7.64. The van der Waals surface area contributed by atoms with Crippen LogP contribution < -0.4 is 22.9 Å². The van der Waals surface area contributed by atoms with Crippen molar-refractivity contribution < 1.29 is 21.6 Å². The third-order valence-electron chi connectivity index (χ3n) is 3.60. The molecule has 0 heterocycles. The van der Waals surface area contributed by atoms with E-state index in [0.717, 1.165) is 28.8 Å². The zero-order valence-electron chi connectivity index (χ0n) is 13.8. The first kappa shape index (κ1) is 18.8. The van der Waals surface area contributed by atoms with Crippen LogP contribution in [0.4, 0.5) is 0 Å². The quantitative estimate of drug-likeness (QED) is 0.582. The van der Waals surface area contributed by atoms with Crippen LogP contribution in [0.1, 0.15) is 18.4 Å². The lowest BCUT2D eigenvalue weighted by molar-refractivity contribution is -0.870. The molecule has 0 atom stereocenters. The van der Waals surface area contributed by atoms with Crippen molar-refractivity contribution in [2.24, 2.45) is 5.73 Å². The van der Waals surface area contributed by atoms with E-state index in [1.165, 1.54) is 23.7 Å². The summed E-state index contributed by atoms with van der Waals surface area (Å²) in [6, 6.07) is 12.6. The van der Waals surface area contributed by atoms with Crippen LogP contribution in [0.5, 0.6) is 5.75 Å². The summed E-state index contributed by atoms with van der Waals surface area (Å²) >= 11 is 0. The standard InChI is InChI=1S/C18H27N2O.ClH/c1-20(2,3)10-4-5-11-21-18-9-8-16-12-15(14-19)6-7-17(16)13-18;/h6-9,12-13H,4-5,10-11,14,19H2,1-3H3;1H/q+1;/p-1. The monoisotopic (exact) mass is 322 g/mol. The molecule has 2 aromatic carbocycles. The molecule has 0 saturated carbocycles. The van der Waals surface area contributed by atoms with Crippen molar-refractivity contribution in [3.8, 4) is 5.75 Å². The minimum Gasteiger partial charge on any atom is -1.00 e. The van der Waals surface area contributed by atoms with Gasteiger partial charge in [0.15, 0.2) is 0 Å². The maximum Gasteiger partial charge on any atom is 0.119 e. The first-order valence-electron chi connectivity index (χ1n) is 7.64. The molecular formula is C18H27ClN2O. The van der Waals surface area contributed by atoms with Gasteiger partial charge in [-0.2, -0.15) is 0 Å². The Kier molecular flexibility index (Phi) is 7.14. The van der Waals surface area contributed by atoms with Gasteiger partial charge < -0.3 is 27.4 Å². The fourth-order valence-corrected chi connectivity index (χ4v) is 2.37. The van der Waals surface area contributed by atoms with Crippen LogP contribution in [0.3, 0.4) is 0 Å². The number of nitrogens with two attached hydrogens (primary N) is 1. The Morgan fingerprint density at radius 2 is 1.64 bits per heavy atom. The molecule has 0 bridgehead atoms. The molecule has 2 aromatic rings. The summed E-state index contributed by atoms with van der Waals surface area (Å²) in [5.74, 6) is 0.952. The van der Waals surface area contributed by atoms with E-state index < -0.39 is 0 Å². The van der Waals surface area contributed by atoms with E-state index in [1.807, 2.05) is 6.07 Å². The molecule has 0 unspecified atom stereocenters. The van der Waals surface area contributed by atoms with Gasteiger partial charge >= 0.3 is 0 Å². The van der Waals surface area contributed by atoms with Gasteiger partial charge in [-0.1, -0.05) is 18.2 Å². The van der Waals surface area contributed by atoms with Gasteiger partial charge in [-0.25, -0.2) is 0 Å². The molecule has 0 aliphatic heterocycles. The summed E-state index contributed by atoms with van der Waals surface area (Å²) in [6.07, 6.45) is 2.29. The number of ether oxygens (including phenoxy) is 1. The summed E-state index contributed by atoms with van der Waals surface area (Å²) < 4.78 is 6.87. The first-order chi connectivity index (χ1) is 9.98. The van der Waals surface area contributed by atoms with Crippen molar-refractivity contribution in [1.82, 2.24) is 0 Å². The van der Waals surface area contributed by atoms with Gasteiger partial charge in [0, 0.05) is 6.54 Å². The zero-order chi connectivity index (χ0) is 15.3. The minimum atomic E-state index is 0. The predicted molar refractivity (Wildman–Crippen MR) is 89.5 cm³/mol. The molecule has 0 aliphatic rings. The lowest BCUT2D eigenvalue weighted by Gasteiger charge is -2.23. The van der Waals surface area contributed by atoms with E-state index in [9.17, 15) is 0 Å². The number of quaternary nitrogens is 1. The highest BCUT2D eigenvalue weighted by molar-refractivity contribution is 5.84. The fourth-order valence-electron chi connectivity index (χ4n) is 2.37. The molecule has 2 rings (SSSR count). The second-order valence-electron chi connectivity index (χ2n) is 6.62. The highest BCUT2D eigenvalue weighted by atomic mass is 35.5. The number of halogens is 1. The second-order valence-corrected chi connectivity index (χ2v) is 6.62. The second kappa shape index (κ2) is 8.37. The van der Waals surface area contributed by atoms with Gasteiger partial charge in [0.1, 0.15) is 5.75 Å². The van der Waals surface area contributed by atoms with Gasteiger partial charge in [0.05, 0.1) is 34.3 Å². The summed E-state index contributed by atoms with van der Waals surface area (Å²) in [6.45, 7) is 2.55. The molecule has 0 radical (unpaired) electrons. The number of unbranched alkanes of at least 4 members (excludes halogenated alkanes) is 1. The van der Waals surface area contributed by atoms with Crippen molar-refractivity contribution in [2.75, 3.05) is 34.3 Å². The SMILES string of the molecule is C[N+](C)(C)CCCCOc1ccc2cc(CN)ccc2c1.[Cl-]. The largest absolute Gasteiger partial charge is 1.00 e. The van der Waals surface area contributed by atoms with E-state index in [0.29, 0.717) is 6.54 Å². The van der Waals surface area contributed by atoms with E-state index in [1.54, 1.807) is 0 Å². The van der Waals surface area contributed by atoms with Crippen molar-refractivity contribution in [1.29, 1.82) is 0 Å². The molecule has 0 fully saturated rings. The highest BCUT2D eigenvalue weighted by Crippen LogP contribution is 2.22. The predicted octanol–water partition coefficient (Wildman–Crippen LogP) is 0.168. The van der Waals surface area contributed by atoms with Gasteiger partial charge in [-0.3, -0.25) is 0 Å². The molecule has 0 spiro atoms. The van der Waals surface area contributed by atoms with Crippen molar-refractivity contribution >= 4 is 10.8 Å². The van der Waals surface area contributed by atoms with E-state index in [-0.39, 0.29) is 12.4 Å². The molecule has 2 N–H and O–H groups in total. The minimum absolute atomic E-state index is 0. The average Bonchev–Trinajstić information content (AvgIpc) is 2.45. The lowest BCUT2D eigenvalue weighted by Crippen LogP contribution is -3.00. The Bertz CT molecular complexity index is 593. The Morgan fingerprint density at radius 3 is 2.32 bits per heavy atom. The third-order valence-corrected chi connectivity index (χ3v) is 3.60. The van der Waals surface area contributed by atoms with Crippen molar-refractivity contribution in [3.63, 3.8) is 0 Å². The molecular weight excluding hydrogens is 296 g/mol. The molecule has 0 amide bonds. The molecule has 0 aromatic heterocycles. The molecule has 122 valence electrons. The summed E-state index contributed by atoms with van der Waals surface area (Å²) in [4.78, 5) is 0. The van der Waals surface area contributed by atoms with Crippen LogP contribution in [0.15, 0.2) is 36.4 Å². The number of rotatable bonds is 7. The number of hydrogen-bond acceptors (Lipinski definition) is 2. The molecule has 3 nitrogen and oxygen atoms in total. The van der Waals surface area contributed by atoms with Gasteiger partial charge in [-0.15, -0.1) is 0 Å². The van der Waals surface area contributed by atoms with Crippen molar-refractivity contribution in [3.05, 3.63) is 42.0 Å². The molecule has 22 heavy (non-hydrogen) atoms. The normalized spacial score (nSPS) is 11.3.